The standard InChI is InChI=1S/C14H22N2S/c1-10-9-12(5-8-14(10)15)16-11-3-6-13(17-2)7-4-11/h5,8-9,11,13,16H,3-4,6-7,15H2,1-2H3. The largest absolute Gasteiger partial charge is 0.399 e. The zero-order chi connectivity index (χ0) is 12.3. The van der Waals surface area contributed by atoms with Crippen molar-refractivity contribution in [1.82, 2.24) is 0 Å². The van der Waals surface area contributed by atoms with Gasteiger partial charge in [0.25, 0.3) is 0 Å². The highest BCUT2D eigenvalue weighted by Gasteiger charge is 2.20. The maximum Gasteiger partial charge on any atom is 0.0346 e. The number of hydrogen-bond acceptors (Lipinski definition) is 3. The summed E-state index contributed by atoms with van der Waals surface area (Å²) >= 11 is 2.01. The third-order valence-corrected chi connectivity index (χ3v) is 4.79. The van der Waals surface area contributed by atoms with Crippen LogP contribution >= 0.6 is 11.8 Å². The normalized spacial score (nSPS) is 24.6. The Labute approximate surface area is 108 Å². The SMILES string of the molecule is CSC1CCC(Nc2ccc(N)c(C)c2)CC1. The molecular weight excluding hydrogens is 228 g/mol. The smallest absolute Gasteiger partial charge is 0.0346 e. The number of nitrogens with one attached hydrogen (secondary N) is 1. The average molecular weight is 250 g/mol. The summed E-state index contributed by atoms with van der Waals surface area (Å²) in [6.07, 6.45) is 7.48. The van der Waals surface area contributed by atoms with Gasteiger partial charge in [-0.3, -0.25) is 0 Å². The van der Waals surface area contributed by atoms with Gasteiger partial charge < -0.3 is 11.1 Å². The second-order valence-corrected chi connectivity index (χ2v) is 6.06. The van der Waals surface area contributed by atoms with E-state index in [1.165, 1.54) is 31.4 Å². The van der Waals surface area contributed by atoms with Gasteiger partial charge in [-0.25, -0.2) is 0 Å². The predicted molar refractivity (Wildman–Crippen MR) is 78.8 cm³/mol. The molecule has 0 heterocycles. The summed E-state index contributed by atoms with van der Waals surface area (Å²) in [7, 11) is 0. The van der Waals surface area contributed by atoms with Gasteiger partial charge in [-0.05, 0) is 62.6 Å². The Bertz CT molecular complexity index is 370. The number of anilines is 2. The molecule has 1 aliphatic rings. The van der Waals surface area contributed by atoms with Gasteiger partial charge >= 0.3 is 0 Å². The fourth-order valence-electron chi connectivity index (χ4n) is 2.44. The topological polar surface area (TPSA) is 38.0 Å². The highest BCUT2D eigenvalue weighted by Crippen LogP contribution is 2.29. The van der Waals surface area contributed by atoms with Gasteiger partial charge in [0.05, 0.1) is 0 Å². The van der Waals surface area contributed by atoms with Crippen LogP contribution in [-0.2, 0) is 0 Å². The third-order valence-electron chi connectivity index (χ3n) is 3.65. The Balaban J connectivity index is 1.91. The number of rotatable bonds is 3. The Morgan fingerprint density at radius 1 is 1.24 bits per heavy atom. The molecule has 0 unspecified atom stereocenters. The Hall–Kier alpha value is -0.830. The molecule has 0 bridgehead atoms. The van der Waals surface area contributed by atoms with Gasteiger partial charge in [0.2, 0.25) is 0 Å². The van der Waals surface area contributed by atoms with Crippen LogP contribution in [0.2, 0.25) is 0 Å². The van der Waals surface area contributed by atoms with E-state index in [2.05, 4.69) is 30.6 Å². The maximum atomic E-state index is 5.83. The molecular formula is C14H22N2S. The minimum atomic E-state index is 0.640. The number of nitrogen functional groups attached to an aromatic ring is 1. The molecule has 17 heavy (non-hydrogen) atoms. The maximum absolute atomic E-state index is 5.83. The van der Waals surface area contributed by atoms with E-state index in [1.54, 1.807) is 0 Å². The van der Waals surface area contributed by atoms with Crippen molar-refractivity contribution in [2.24, 2.45) is 0 Å². The average Bonchev–Trinajstić information content (AvgIpc) is 2.35. The van der Waals surface area contributed by atoms with E-state index in [4.69, 9.17) is 5.73 Å². The Kier molecular flexibility index (Phi) is 4.21. The van der Waals surface area contributed by atoms with Crippen molar-refractivity contribution in [1.29, 1.82) is 0 Å². The van der Waals surface area contributed by atoms with E-state index in [9.17, 15) is 0 Å². The first-order valence-electron chi connectivity index (χ1n) is 6.34. The van der Waals surface area contributed by atoms with Crippen LogP contribution in [0.15, 0.2) is 18.2 Å². The molecule has 94 valence electrons. The summed E-state index contributed by atoms with van der Waals surface area (Å²) in [6, 6.07) is 6.87. The summed E-state index contributed by atoms with van der Waals surface area (Å²) in [6.45, 7) is 2.06. The highest BCUT2D eigenvalue weighted by molar-refractivity contribution is 7.99. The van der Waals surface area contributed by atoms with Crippen LogP contribution in [0, 0.1) is 6.92 Å². The van der Waals surface area contributed by atoms with E-state index in [0.29, 0.717) is 6.04 Å². The van der Waals surface area contributed by atoms with Crippen LogP contribution in [0.25, 0.3) is 0 Å². The third kappa shape index (κ3) is 3.32. The van der Waals surface area contributed by atoms with Crippen LogP contribution in [-0.4, -0.2) is 17.5 Å². The summed E-state index contributed by atoms with van der Waals surface area (Å²) in [5.41, 5.74) is 9.08. The van der Waals surface area contributed by atoms with Crippen molar-refractivity contribution < 1.29 is 0 Å². The van der Waals surface area contributed by atoms with Gasteiger partial charge in [-0.1, -0.05) is 0 Å². The fraction of sp³-hybridized carbons (Fsp3) is 0.571. The lowest BCUT2D eigenvalue weighted by Gasteiger charge is -2.28. The molecule has 2 rings (SSSR count). The monoisotopic (exact) mass is 250 g/mol. The molecule has 0 atom stereocenters. The number of thioether (sulfide) groups is 1. The number of nitrogens with two attached hydrogens (primary N) is 1. The van der Waals surface area contributed by atoms with E-state index in [1.807, 2.05) is 17.8 Å². The first-order valence-corrected chi connectivity index (χ1v) is 7.63. The second kappa shape index (κ2) is 5.67. The van der Waals surface area contributed by atoms with Crippen LogP contribution in [0.5, 0.6) is 0 Å². The lowest BCUT2D eigenvalue weighted by molar-refractivity contribution is 0.473. The summed E-state index contributed by atoms with van der Waals surface area (Å²) in [5.74, 6) is 0. The number of benzene rings is 1. The fourth-order valence-corrected chi connectivity index (χ4v) is 3.19. The molecule has 1 aromatic rings. The minimum Gasteiger partial charge on any atom is -0.399 e. The van der Waals surface area contributed by atoms with Crippen molar-refractivity contribution in [3.63, 3.8) is 0 Å². The lowest BCUT2D eigenvalue weighted by Crippen LogP contribution is -2.27. The van der Waals surface area contributed by atoms with Gasteiger partial charge in [0.15, 0.2) is 0 Å². The zero-order valence-corrected chi connectivity index (χ0v) is 11.5. The Morgan fingerprint density at radius 2 is 1.94 bits per heavy atom. The summed E-state index contributed by atoms with van der Waals surface area (Å²) in [4.78, 5) is 0. The molecule has 0 aromatic heterocycles. The molecule has 1 saturated carbocycles. The molecule has 0 spiro atoms. The van der Waals surface area contributed by atoms with Crippen LogP contribution in [0.1, 0.15) is 31.2 Å². The molecule has 1 aliphatic carbocycles. The molecule has 1 fully saturated rings. The van der Waals surface area contributed by atoms with Gasteiger partial charge in [-0.15, -0.1) is 0 Å². The summed E-state index contributed by atoms with van der Waals surface area (Å²) in [5, 5.41) is 4.50. The van der Waals surface area contributed by atoms with Gasteiger partial charge in [0, 0.05) is 22.7 Å². The van der Waals surface area contributed by atoms with Gasteiger partial charge in [0.1, 0.15) is 0 Å². The van der Waals surface area contributed by atoms with E-state index >= 15 is 0 Å². The molecule has 1 aromatic carbocycles. The van der Waals surface area contributed by atoms with Crippen LogP contribution < -0.4 is 11.1 Å². The van der Waals surface area contributed by atoms with E-state index < -0.39 is 0 Å². The molecule has 0 amide bonds. The molecule has 2 nitrogen and oxygen atoms in total. The Morgan fingerprint density at radius 3 is 2.53 bits per heavy atom. The van der Waals surface area contributed by atoms with E-state index in [-0.39, 0.29) is 0 Å². The van der Waals surface area contributed by atoms with Gasteiger partial charge in [-0.2, -0.15) is 11.8 Å². The van der Waals surface area contributed by atoms with Crippen molar-refractivity contribution in [2.75, 3.05) is 17.3 Å². The van der Waals surface area contributed by atoms with Crippen molar-refractivity contribution in [2.45, 2.75) is 43.9 Å². The second-order valence-electron chi connectivity index (χ2n) is 4.93. The molecule has 0 aliphatic heterocycles. The molecule has 0 saturated heterocycles. The zero-order valence-electron chi connectivity index (χ0n) is 10.7. The molecule has 0 radical (unpaired) electrons. The molecule has 3 N–H and O–H groups in total. The van der Waals surface area contributed by atoms with Crippen molar-refractivity contribution in [3.8, 4) is 0 Å². The number of hydrogen-bond donors (Lipinski definition) is 2. The van der Waals surface area contributed by atoms with Crippen molar-refractivity contribution >= 4 is 23.1 Å². The van der Waals surface area contributed by atoms with Crippen LogP contribution in [0.3, 0.4) is 0 Å². The highest BCUT2D eigenvalue weighted by atomic mass is 32.2. The minimum absolute atomic E-state index is 0.640. The number of aryl methyl sites for hydroxylation is 1. The predicted octanol–water partition coefficient (Wildman–Crippen LogP) is 3.66. The van der Waals surface area contributed by atoms with Crippen molar-refractivity contribution in [3.05, 3.63) is 23.8 Å². The first-order chi connectivity index (χ1) is 8.19. The molecule has 3 heteroatoms. The first kappa shape index (κ1) is 12.6. The quantitative estimate of drug-likeness (QED) is 0.804. The van der Waals surface area contributed by atoms with E-state index in [0.717, 1.165) is 16.5 Å². The lowest BCUT2D eigenvalue weighted by atomic mass is 9.94. The summed E-state index contributed by atoms with van der Waals surface area (Å²) < 4.78 is 0. The van der Waals surface area contributed by atoms with Crippen LogP contribution in [0.4, 0.5) is 11.4 Å².